The third kappa shape index (κ3) is 3.09. The molecule has 28 heavy (non-hydrogen) atoms. The third-order valence-corrected chi connectivity index (χ3v) is 4.48. The highest BCUT2D eigenvalue weighted by molar-refractivity contribution is 6.06. The molecule has 4 rings (SSSR count). The molecule has 2 N–H and O–H groups in total. The standard InChI is InChI=1S/C20H19N3O5/c1-11-18(21-20(24)13-5-6-14(25-2)16(9-13)26-3)19(23-22-11)12-4-7-15-17(8-12)28-10-27-15/h4-9H,10H2,1-3H3,(H,21,24)(H,22,23). The Labute approximate surface area is 161 Å². The van der Waals surface area contributed by atoms with Crippen molar-refractivity contribution < 1.29 is 23.7 Å². The normalized spacial score (nSPS) is 12.0. The number of H-pyrrole nitrogens is 1. The van der Waals surface area contributed by atoms with Crippen LogP contribution < -0.4 is 24.3 Å². The van der Waals surface area contributed by atoms with E-state index >= 15 is 0 Å². The molecule has 1 aromatic heterocycles. The van der Waals surface area contributed by atoms with Crippen LogP contribution in [-0.2, 0) is 0 Å². The fraction of sp³-hybridized carbons (Fsp3) is 0.200. The number of aromatic amines is 1. The fourth-order valence-electron chi connectivity index (χ4n) is 3.00. The van der Waals surface area contributed by atoms with Gasteiger partial charge in [0.1, 0.15) is 5.69 Å². The minimum Gasteiger partial charge on any atom is -0.493 e. The van der Waals surface area contributed by atoms with Crippen LogP contribution in [0.3, 0.4) is 0 Å². The molecule has 1 aliphatic rings. The molecular formula is C20H19N3O5. The lowest BCUT2D eigenvalue weighted by Crippen LogP contribution is -2.13. The lowest BCUT2D eigenvalue weighted by atomic mass is 10.1. The van der Waals surface area contributed by atoms with Gasteiger partial charge < -0.3 is 24.3 Å². The average molecular weight is 381 g/mol. The van der Waals surface area contributed by atoms with Gasteiger partial charge in [0, 0.05) is 11.1 Å². The van der Waals surface area contributed by atoms with Crippen molar-refractivity contribution in [3.63, 3.8) is 0 Å². The largest absolute Gasteiger partial charge is 0.493 e. The molecular weight excluding hydrogens is 362 g/mol. The summed E-state index contributed by atoms with van der Waals surface area (Å²) in [6.07, 6.45) is 0. The number of hydrogen-bond donors (Lipinski definition) is 2. The van der Waals surface area contributed by atoms with E-state index in [1.807, 2.05) is 25.1 Å². The van der Waals surface area contributed by atoms with E-state index in [0.717, 1.165) is 11.3 Å². The van der Waals surface area contributed by atoms with Gasteiger partial charge in [-0.3, -0.25) is 9.89 Å². The Morgan fingerprint density at radius 3 is 2.64 bits per heavy atom. The smallest absolute Gasteiger partial charge is 0.255 e. The van der Waals surface area contributed by atoms with E-state index in [-0.39, 0.29) is 12.7 Å². The second-order valence-electron chi connectivity index (χ2n) is 6.16. The molecule has 2 aromatic carbocycles. The highest BCUT2D eigenvalue weighted by Gasteiger charge is 2.20. The number of nitrogens with one attached hydrogen (secondary N) is 2. The maximum absolute atomic E-state index is 12.8. The summed E-state index contributed by atoms with van der Waals surface area (Å²) in [6.45, 7) is 2.04. The number of methoxy groups -OCH3 is 2. The van der Waals surface area contributed by atoms with Gasteiger partial charge in [-0.2, -0.15) is 5.10 Å². The molecule has 0 spiro atoms. The van der Waals surface area contributed by atoms with Crippen LogP contribution in [0.25, 0.3) is 11.3 Å². The number of nitrogens with zero attached hydrogens (tertiary/aromatic N) is 1. The predicted octanol–water partition coefficient (Wildman–Crippen LogP) is 3.38. The Balaban J connectivity index is 1.64. The van der Waals surface area contributed by atoms with Crippen LogP contribution in [-0.4, -0.2) is 37.1 Å². The maximum atomic E-state index is 12.8. The van der Waals surface area contributed by atoms with Crippen LogP contribution in [0.2, 0.25) is 0 Å². The van der Waals surface area contributed by atoms with E-state index in [9.17, 15) is 4.79 Å². The van der Waals surface area contributed by atoms with Gasteiger partial charge in [-0.1, -0.05) is 0 Å². The minimum absolute atomic E-state index is 0.196. The van der Waals surface area contributed by atoms with Gasteiger partial charge in [0.15, 0.2) is 23.0 Å². The van der Waals surface area contributed by atoms with Gasteiger partial charge in [0.25, 0.3) is 5.91 Å². The number of ether oxygens (including phenoxy) is 4. The number of carbonyl (C=O) groups is 1. The van der Waals surface area contributed by atoms with Gasteiger partial charge in [0.2, 0.25) is 6.79 Å². The second kappa shape index (κ2) is 7.15. The zero-order valence-electron chi connectivity index (χ0n) is 15.7. The van der Waals surface area contributed by atoms with E-state index in [0.29, 0.717) is 39.9 Å². The quantitative estimate of drug-likeness (QED) is 0.704. The Morgan fingerprint density at radius 2 is 1.86 bits per heavy atom. The molecule has 0 bridgehead atoms. The van der Waals surface area contributed by atoms with Crippen LogP contribution in [0.15, 0.2) is 36.4 Å². The summed E-state index contributed by atoms with van der Waals surface area (Å²) in [5.74, 6) is 2.09. The number of rotatable bonds is 5. The number of carbonyl (C=O) groups excluding carboxylic acids is 1. The van der Waals surface area contributed by atoms with Crippen molar-refractivity contribution in [2.24, 2.45) is 0 Å². The van der Waals surface area contributed by atoms with Crippen LogP contribution in [0.4, 0.5) is 5.69 Å². The van der Waals surface area contributed by atoms with Crippen molar-refractivity contribution in [2.75, 3.05) is 26.3 Å². The van der Waals surface area contributed by atoms with Crippen molar-refractivity contribution >= 4 is 11.6 Å². The van der Waals surface area contributed by atoms with Crippen molar-refractivity contribution in [1.82, 2.24) is 10.2 Å². The summed E-state index contributed by atoms with van der Waals surface area (Å²) in [5.41, 5.74) is 3.19. The number of aryl methyl sites for hydroxylation is 1. The molecule has 144 valence electrons. The molecule has 1 aliphatic heterocycles. The zero-order valence-corrected chi connectivity index (χ0v) is 15.7. The molecule has 0 fully saturated rings. The first-order valence-corrected chi connectivity index (χ1v) is 8.59. The van der Waals surface area contributed by atoms with Gasteiger partial charge >= 0.3 is 0 Å². The number of benzene rings is 2. The van der Waals surface area contributed by atoms with Crippen molar-refractivity contribution in [1.29, 1.82) is 0 Å². The summed E-state index contributed by atoms with van der Waals surface area (Å²) in [7, 11) is 3.07. The molecule has 1 amide bonds. The number of fused-ring (bicyclic) bond motifs is 1. The summed E-state index contributed by atoms with van der Waals surface area (Å²) in [4.78, 5) is 12.8. The lowest BCUT2D eigenvalue weighted by molar-refractivity contribution is 0.102. The van der Waals surface area contributed by atoms with E-state index in [1.165, 1.54) is 7.11 Å². The van der Waals surface area contributed by atoms with Crippen LogP contribution in [0.1, 0.15) is 16.1 Å². The zero-order chi connectivity index (χ0) is 19.7. The Bertz CT molecular complexity index is 1040. The molecule has 0 unspecified atom stereocenters. The molecule has 0 radical (unpaired) electrons. The van der Waals surface area contributed by atoms with Crippen LogP contribution >= 0.6 is 0 Å². The van der Waals surface area contributed by atoms with E-state index < -0.39 is 0 Å². The van der Waals surface area contributed by atoms with Crippen LogP contribution in [0, 0.1) is 6.92 Å². The molecule has 8 nitrogen and oxygen atoms in total. The molecule has 0 saturated heterocycles. The molecule has 0 atom stereocenters. The van der Waals surface area contributed by atoms with E-state index in [1.54, 1.807) is 25.3 Å². The monoisotopic (exact) mass is 381 g/mol. The highest BCUT2D eigenvalue weighted by Crippen LogP contribution is 2.38. The number of amides is 1. The lowest BCUT2D eigenvalue weighted by Gasteiger charge is -2.11. The van der Waals surface area contributed by atoms with Crippen molar-refractivity contribution in [3.05, 3.63) is 47.7 Å². The minimum atomic E-state index is -0.285. The average Bonchev–Trinajstić information content (AvgIpc) is 3.33. The Hall–Kier alpha value is -3.68. The second-order valence-corrected chi connectivity index (χ2v) is 6.16. The molecule has 0 aliphatic carbocycles. The maximum Gasteiger partial charge on any atom is 0.255 e. The predicted molar refractivity (Wildman–Crippen MR) is 102 cm³/mol. The highest BCUT2D eigenvalue weighted by atomic mass is 16.7. The third-order valence-electron chi connectivity index (χ3n) is 4.48. The number of hydrogen-bond acceptors (Lipinski definition) is 6. The SMILES string of the molecule is COc1ccc(C(=O)Nc2c(-c3ccc4c(c3)OCO4)n[nH]c2C)cc1OC. The Kier molecular flexibility index (Phi) is 4.52. The molecule has 2 heterocycles. The van der Waals surface area contributed by atoms with Crippen LogP contribution in [0.5, 0.6) is 23.0 Å². The van der Waals surface area contributed by atoms with Gasteiger partial charge in [-0.05, 0) is 43.3 Å². The number of aromatic nitrogens is 2. The number of anilines is 1. The molecule has 3 aromatic rings. The molecule has 8 heteroatoms. The Morgan fingerprint density at radius 1 is 1.07 bits per heavy atom. The first-order chi connectivity index (χ1) is 13.6. The van der Waals surface area contributed by atoms with Crippen molar-refractivity contribution in [3.8, 4) is 34.3 Å². The summed E-state index contributed by atoms with van der Waals surface area (Å²) < 4.78 is 21.3. The molecule has 0 saturated carbocycles. The topological polar surface area (TPSA) is 94.7 Å². The van der Waals surface area contributed by atoms with Gasteiger partial charge in [0.05, 0.1) is 25.6 Å². The first-order valence-electron chi connectivity index (χ1n) is 8.59. The van der Waals surface area contributed by atoms with Crippen molar-refractivity contribution in [2.45, 2.75) is 6.92 Å². The first kappa shape index (κ1) is 17.7. The summed E-state index contributed by atoms with van der Waals surface area (Å²) in [6, 6.07) is 10.5. The van der Waals surface area contributed by atoms with E-state index in [2.05, 4.69) is 15.5 Å². The summed E-state index contributed by atoms with van der Waals surface area (Å²) >= 11 is 0. The van der Waals surface area contributed by atoms with E-state index in [4.69, 9.17) is 18.9 Å². The van der Waals surface area contributed by atoms with Gasteiger partial charge in [-0.25, -0.2) is 0 Å². The van der Waals surface area contributed by atoms with Gasteiger partial charge in [-0.15, -0.1) is 0 Å². The fourth-order valence-corrected chi connectivity index (χ4v) is 3.00. The summed E-state index contributed by atoms with van der Waals surface area (Å²) in [5, 5.41) is 10.2.